The number of benzene rings is 1. The Morgan fingerprint density at radius 2 is 1.86 bits per heavy atom. The minimum Gasteiger partial charge on any atom is -0.314 e. The second-order valence-electron chi connectivity index (χ2n) is 5.92. The highest BCUT2D eigenvalue weighted by Gasteiger charge is 2.06. The SMILES string of the molecule is CCC(C)NCCc1nc(-c2ccc(C(C)C)cc2)cs1. The molecule has 0 amide bonds. The van der Waals surface area contributed by atoms with Crippen molar-refractivity contribution in [3.63, 3.8) is 0 Å². The molecule has 114 valence electrons. The molecule has 0 spiro atoms. The van der Waals surface area contributed by atoms with Crippen molar-refractivity contribution in [1.82, 2.24) is 10.3 Å². The maximum atomic E-state index is 4.76. The van der Waals surface area contributed by atoms with E-state index in [1.54, 1.807) is 11.3 Å². The second kappa shape index (κ2) is 7.71. The van der Waals surface area contributed by atoms with Crippen LogP contribution < -0.4 is 5.32 Å². The number of nitrogens with zero attached hydrogens (tertiary/aromatic N) is 1. The molecule has 2 nitrogen and oxygen atoms in total. The highest BCUT2D eigenvalue weighted by atomic mass is 32.1. The fraction of sp³-hybridized carbons (Fsp3) is 0.500. The Hall–Kier alpha value is -1.19. The Labute approximate surface area is 132 Å². The predicted molar refractivity (Wildman–Crippen MR) is 93.1 cm³/mol. The van der Waals surface area contributed by atoms with Gasteiger partial charge in [0, 0.05) is 30.0 Å². The van der Waals surface area contributed by atoms with E-state index in [1.165, 1.54) is 22.6 Å². The zero-order valence-corrected chi connectivity index (χ0v) is 14.3. The van der Waals surface area contributed by atoms with Gasteiger partial charge in [0.05, 0.1) is 10.7 Å². The Kier molecular flexibility index (Phi) is 5.95. The lowest BCUT2D eigenvalue weighted by Gasteiger charge is -2.09. The lowest BCUT2D eigenvalue weighted by molar-refractivity contribution is 0.537. The third kappa shape index (κ3) is 4.65. The Balaban J connectivity index is 1.96. The summed E-state index contributed by atoms with van der Waals surface area (Å²) >= 11 is 1.76. The molecule has 0 saturated carbocycles. The molecule has 2 rings (SSSR count). The second-order valence-corrected chi connectivity index (χ2v) is 6.86. The smallest absolute Gasteiger partial charge is 0.0945 e. The number of aromatic nitrogens is 1. The molecular weight excluding hydrogens is 276 g/mol. The molecule has 2 aromatic rings. The van der Waals surface area contributed by atoms with Crippen molar-refractivity contribution in [1.29, 1.82) is 0 Å². The molecule has 0 aliphatic heterocycles. The summed E-state index contributed by atoms with van der Waals surface area (Å²) in [6, 6.07) is 9.39. The van der Waals surface area contributed by atoms with Gasteiger partial charge in [0.1, 0.15) is 0 Å². The summed E-state index contributed by atoms with van der Waals surface area (Å²) in [6.45, 7) is 9.89. The maximum absolute atomic E-state index is 4.76. The van der Waals surface area contributed by atoms with Crippen LogP contribution in [-0.2, 0) is 6.42 Å². The van der Waals surface area contributed by atoms with Crippen LogP contribution in [0.2, 0.25) is 0 Å². The molecule has 1 heterocycles. The van der Waals surface area contributed by atoms with Crippen LogP contribution in [-0.4, -0.2) is 17.6 Å². The first kappa shape index (κ1) is 16.2. The van der Waals surface area contributed by atoms with Gasteiger partial charge in [-0.1, -0.05) is 45.0 Å². The molecule has 1 N–H and O–H groups in total. The molecule has 1 unspecified atom stereocenters. The average Bonchev–Trinajstić information content (AvgIpc) is 2.96. The van der Waals surface area contributed by atoms with Gasteiger partial charge in [-0.05, 0) is 24.8 Å². The van der Waals surface area contributed by atoms with Gasteiger partial charge in [-0.25, -0.2) is 4.98 Å². The molecule has 21 heavy (non-hydrogen) atoms. The van der Waals surface area contributed by atoms with Crippen molar-refractivity contribution in [2.45, 2.75) is 52.5 Å². The molecule has 1 aromatic heterocycles. The lowest BCUT2D eigenvalue weighted by atomic mass is 10.0. The van der Waals surface area contributed by atoms with Crippen LogP contribution in [0.4, 0.5) is 0 Å². The summed E-state index contributed by atoms with van der Waals surface area (Å²) in [7, 11) is 0. The van der Waals surface area contributed by atoms with Gasteiger partial charge in [0.25, 0.3) is 0 Å². The van der Waals surface area contributed by atoms with Crippen LogP contribution in [0.1, 0.15) is 50.6 Å². The zero-order chi connectivity index (χ0) is 15.2. The average molecular weight is 302 g/mol. The summed E-state index contributed by atoms with van der Waals surface area (Å²) in [5, 5.41) is 6.90. The molecule has 1 atom stereocenters. The highest BCUT2D eigenvalue weighted by molar-refractivity contribution is 7.09. The van der Waals surface area contributed by atoms with E-state index in [4.69, 9.17) is 4.98 Å². The van der Waals surface area contributed by atoms with E-state index in [-0.39, 0.29) is 0 Å². The van der Waals surface area contributed by atoms with Crippen molar-refractivity contribution in [3.8, 4) is 11.3 Å². The van der Waals surface area contributed by atoms with Crippen molar-refractivity contribution >= 4 is 11.3 Å². The van der Waals surface area contributed by atoms with Crippen LogP contribution >= 0.6 is 11.3 Å². The van der Waals surface area contributed by atoms with Crippen molar-refractivity contribution in [2.24, 2.45) is 0 Å². The normalized spacial score (nSPS) is 12.8. The highest BCUT2D eigenvalue weighted by Crippen LogP contribution is 2.24. The van der Waals surface area contributed by atoms with Gasteiger partial charge in [-0.3, -0.25) is 0 Å². The molecule has 3 heteroatoms. The summed E-state index contributed by atoms with van der Waals surface area (Å²) in [5.74, 6) is 0.580. The first-order valence-electron chi connectivity index (χ1n) is 7.88. The van der Waals surface area contributed by atoms with Gasteiger partial charge in [0.15, 0.2) is 0 Å². The zero-order valence-electron chi connectivity index (χ0n) is 13.5. The first-order chi connectivity index (χ1) is 10.1. The van der Waals surface area contributed by atoms with E-state index in [0.29, 0.717) is 12.0 Å². The fourth-order valence-corrected chi connectivity index (χ4v) is 2.97. The standard InChI is InChI=1S/C18H26N2S/c1-5-14(4)19-11-10-18-20-17(12-21-18)16-8-6-15(7-9-16)13(2)3/h6-9,12-14,19H,5,10-11H2,1-4H3. The lowest BCUT2D eigenvalue weighted by Crippen LogP contribution is -2.27. The van der Waals surface area contributed by atoms with E-state index in [0.717, 1.165) is 18.7 Å². The molecule has 0 saturated heterocycles. The molecule has 1 aromatic carbocycles. The number of nitrogens with one attached hydrogen (secondary N) is 1. The summed E-state index contributed by atoms with van der Waals surface area (Å²) in [4.78, 5) is 4.76. The Morgan fingerprint density at radius 3 is 2.48 bits per heavy atom. The molecule has 0 radical (unpaired) electrons. The van der Waals surface area contributed by atoms with Gasteiger partial charge in [0.2, 0.25) is 0 Å². The quantitative estimate of drug-likeness (QED) is 0.789. The Bertz CT molecular complexity index is 543. The number of rotatable bonds is 7. The summed E-state index contributed by atoms with van der Waals surface area (Å²) in [6.07, 6.45) is 2.18. The van der Waals surface area contributed by atoms with Crippen molar-refractivity contribution < 1.29 is 0 Å². The topological polar surface area (TPSA) is 24.9 Å². The number of thiazole rings is 1. The number of hydrogen-bond acceptors (Lipinski definition) is 3. The summed E-state index contributed by atoms with van der Waals surface area (Å²) < 4.78 is 0. The van der Waals surface area contributed by atoms with Crippen molar-refractivity contribution in [3.05, 3.63) is 40.2 Å². The van der Waals surface area contributed by atoms with E-state index < -0.39 is 0 Å². The summed E-state index contributed by atoms with van der Waals surface area (Å²) in [5.41, 5.74) is 3.71. The van der Waals surface area contributed by atoms with E-state index in [1.807, 2.05) is 0 Å². The molecule has 0 fully saturated rings. The minimum atomic E-state index is 0.580. The maximum Gasteiger partial charge on any atom is 0.0945 e. The van der Waals surface area contributed by atoms with Gasteiger partial charge >= 0.3 is 0 Å². The van der Waals surface area contributed by atoms with Gasteiger partial charge in [-0.15, -0.1) is 11.3 Å². The predicted octanol–water partition coefficient (Wildman–Crippen LogP) is 4.86. The van der Waals surface area contributed by atoms with Gasteiger partial charge < -0.3 is 5.32 Å². The molecule has 0 bridgehead atoms. The third-order valence-electron chi connectivity index (χ3n) is 3.87. The van der Waals surface area contributed by atoms with Crippen LogP contribution in [0, 0.1) is 0 Å². The van der Waals surface area contributed by atoms with Crippen LogP contribution in [0.25, 0.3) is 11.3 Å². The van der Waals surface area contributed by atoms with Crippen LogP contribution in [0.3, 0.4) is 0 Å². The third-order valence-corrected chi connectivity index (χ3v) is 4.78. The first-order valence-corrected chi connectivity index (χ1v) is 8.76. The monoisotopic (exact) mass is 302 g/mol. The van der Waals surface area contributed by atoms with E-state index in [9.17, 15) is 0 Å². The molecular formula is C18H26N2S. The van der Waals surface area contributed by atoms with Crippen molar-refractivity contribution in [2.75, 3.05) is 6.54 Å². The molecule has 0 aliphatic carbocycles. The van der Waals surface area contributed by atoms with Crippen LogP contribution in [0.5, 0.6) is 0 Å². The van der Waals surface area contributed by atoms with E-state index >= 15 is 0 Å². The van der Waals surface area contributed by atoms with E-state index in [2.05, 4.69) is 62.7 Å². The Morgan fingerprint density at radius 1 is 1.14 bits per heavy atom. The fourth-order valence-electron chi connectivity index (χ4n) is 2.17. The number of hydrogen-bond donors (Lipinski definition) is 1. The largest absolute Gasteiger partial charge is 0.314 e. The van der Waals surface area contributed by atoms with Crippen LogP contribution in [0.15, 0.2) is 29.6 Å². The molecule has 0 aliphatic rings. The minimum absolute atomic E-state index is 0.580. The van der Waals surface area contributed by atoms with Gasteiger partial charge in [-0.2, -0.15) is 0 Å².